The minimum absolute atomic E-state index is 0.247. The molecule has 1 saturated carbocycles. The van der Waals surface area contributed by atoms with Gasteiger partial charge in [-0.05, 0) is 78.4 Å². The Morgan fingerprint density at radius 2 is 2.00 bits per heavy atom. The van der Waals surface area contributed by atoms with Crippen LogP contribution >= 0.6 is 0 Å². The van der Waals surface area contributed by atoms with E-state index in [1.165, 1.54) is 0 Å². The lowest BCUT2D eigenvalue weighted by atomic mass is 9.69. The molecule has 2 aromatic heterocycles. The quantitative estimate of drug-likeness (QED) is 0.797. The maximum atomic E-state index is 12.3. The lowest BCUT2D eigenvalue weighted by Gasteiger charge is -2.53. The molecule has 0 atom stereocenters. The summed E-state index contributed by atoms with van der Waals surface area (Å²) in [5, 5.41) is 20.8. The number of nitrogens with one attached hydrogen (secondary N) is 1. The Balaban J connectivity index is 1.46. The van der Waals surface area contributed by atoms with Crippen molar-refractivity contribution in [2.45, 2.75) is 83.0 Å². The highest BCUT2D eigenvalue weighted by Crippen LogP contribution is 2.46. The molecule has 1 aliphatic carbocycles. The first-order valence-electron chi connectivity index (χ1n) is 10.8. The molecule has 0 spiro atoms. The molecule has 3 fully saturated rings. The Kier molecular flexibility index (Phi) is 5.34. The Bertz CT molecular complexity index is 1030. The Morgan fingerprint density at radius 3 is 2.61 bits per heavy atom. The monoisotopic (exact) mass is 423 g/mol. The van der Waals surface area contributed by atoms with Crippen LogP contribution in [0.3, 0.4) is 0 Å². The van der Waals surface area contributed by atoms with Gasteiger partial charge in [0.15, 0.2) is 5.69 Å². The number of alkyl carbamates (subject to hydrolysis) is 1. The predicted molar refractivity (Wildman–Crippen MR) is 114 cm³/mol. The fourth-order valence-corrected chi connectivity index (χ4v) is 4.58. The van der Waals surface area contributed by atoms with Crippen molar-refractivity contribution in [3.8, 4) is 6.07 Å². The second kappa shape index (κ2) is 7.72. The van der Waals surface area contributed by atoms with E-state index in [0.29, 0.717) is 24.2 Å². The van der Waals surface area contributed by atoms with E-state index in [-0.39, 0.29) is 17.2 Å². The largest absolute Gasteiger partial charge is 0.444 e. The second-order valence-electron chi connectivity index (χ2n) is 9.84. The maximum absolute atomic E-state index is 12.3. The van der Waals surface area contributed by atoms with Crippen molar-refractivity contribution in [3.63, 3.8) is 0 Å². The van der Waals surface area contributed by atoms with Gasteiger partial charge in [-0.3, -0.25) is 4.98 Å². The first kappa shape index (κ1) is 21.4. The summed E-state index contributed by atoms with van der Waals surface area (Å²) in [7, 11) is 0. The highest BCUT2D eigenvalue weighted by atomic mass is 16.6. The van der Waals surface area contributed by atoms with Gasteiger partial charge in [0.05, 0.1) is 23.3 Å². The molecule has 2 saturated heterocycles. The lowest BCUT2D eigenvalue weighted by molar-refractivity contribution is -0.163. The molecule has 0 unspecified atom stereocenters. The SMILES string of the molecule is Cc1ccc2nnc(C#N)c(CCC34CCC(NC(=O)OC(C)(C)C)(CC3)CO4)c2n1. The number of pyridine rings is 1. The van der Waals surface area contributed by atoms with Gasteiger partial charge in [-0.25, -0.2) is 4.79 Å². The fourth-order valence-electron chi connectivity index (χ4n) is 4.58. The summed E-state index contributed by atoms with van der Waals surface area (Å²) < 4.78 is 11.8. The number of fused-ring (bicyclic) bond motifs is 4. The number of amides is 1. The first-order valence-corrected chi connectivity index (χ1v) is 10.8. The summed E-state index contributed by atoms with van der Waals surface area (Å²) in [6.45, 7) is 7.98. The van der Waals surface area contributed by atoms with Crippen LogP contribution in [-0.4, -0.2) is 44.6 Å². The van der Waals surface area contributed by atoms with Crippen LogP contribution in [0.5, 0.6) is 0 Å². The van der Waals surface area contributed by atoms with E-state index < -0.39 is 5.60 Å². The number of carbonyl (C=O) groups is 1. The van der Waals surface area contributed by atoms with E-state index in [0.717, 1.165) is 48.9 Å². The zero-order valence-electron chi connectivity index (χ0n) is 18.6. The predicted octanol–water partition coefficient (Wildman–Crippen LogP) is 3.74. The lowest BCUT2D eigenvalue weighted by Crippen LogP contribution is -2.63. The zero-order chi connectivity index (χ0) is 22.3. The van der Waals surface area contributed by atoms with Crippen LogP contribution in [0.15, 0.2) is 12.1 Å². The van der Waals surface area contributed by atoms with Gasteiger partial charge >= 0.3 is 6.09 Å². The van der Waals surface area contributed by atoms with Crippen molar-refractivity contribution in [1.29, 1.82) is 5.26 Å². The third kappa shape index (κ3) is 4.47. The normalized spacial score (nSPS) is 25.3. The van der Waals surface area contributed by atoms with Crippen molar-refractivity contribution in [3.05, 3.63) is 29.1 Å². The minimum Gasteiger partial charge on any atom is -0.444 e. The Morgan fingerprint density at radius 1 is 1.26 bits per heavy atom. The van der Waals surface area contributed by atoms with Crippen LogP contribution in [0.25, 0.3) is 11.0 Å². The second-order valence-corrected chi connectivity index (χ2v) is 9.84. The number of aryl methyl sites for hydroxylation is 2. The number of aromatic nitrogens is 3. The molecule has 0 aromatic carbocycles. The summed E-state index contributed by atoms with van der Waals surface area (Å²) >= 11 is 0. The van der Waals surface area contributed by atoms with E-state index in [1.807, 2.05) is 39.8 Å². The molecule has 2 aromatic rings. The van der Waals surface area contributed by atoms with E-state index >= 15 is 0 Å². The number of hydrogen-bond donors (Lipinski definition) is 1. The molecule has 3 aliphatic rings. The fraction of sp³-hybridized carbons (Fsp3) is 0.609. The van der Waals surface area contributed by atoms with Crippen LogP contribution in [0, 0.1) is 18.3 Å². The van der Waals surface area contributed by atoms with Crippen LogP contribution in [0.2, 0.25) is 0 Å². The van der Waals surface area contributed by atoms with E-state index in [9.17, 15) is 10.1 Å². The number of rotatable bonds is 4. The third-order valence-electron chi connectivity index (χ3n) is 6.32. The molecule has 0 radical (unpaired) electrons. The molecular formula is C23H29N5O3. The van der Waals surface area contributed by atoms with Crippen LogP contribution in [0.1, 0.15) is 69.8 Å². The van der Waals surface area contributed by atoms with Gasteiger partial charge in [0.25, 0.3) is 0 Å². The molecule has 8 nitrogen and oxygen atoms in total. The summed E-state index contributed by atoms with van der Waals surface area (Å²) in [5.41, 5.74) is 2.36. The van der Waals surface area contributed by atoms with E-state index in [4.69, 9.17) is 9.47 Å². The number of nitriles is 1. The Labute approximate surface area is 182 Å². The molecule has 31 heavy (non-hydrogen) atoms. The van der Waals surface area contributed by atoms with Crippen LogP contribution in [-0.2, 0) is 15.9 Å². The number of carbonyl (C=O) groups excluding carboxylic acids is 1. The van der Waals surface area contributed by atoms with Crippen molar-refractivity contribution in [1.82, 2.24) is 20.5 Å². The van der Waals surface area contributed by atoms with Gasteiger partial charge in [0.1, 0.15) is 17.2 Å². The third-order valence-corrected chi connectivity index (χ3v) is 6.32. The molecule has 164 valence electrons. The van der Waals surface area contributed by atoms with Gasteiger partial charge in [0.2, 0.25) is 0 Å². The average Bonchev–Trinajstić information content (AvgIpc) is 2.71. The van der Waals surface area contributed by atoms with Gasteiger partial charge in [-0.1, -0.05) is 0 Å². The zero-order valence-corrected chi connectivity index (χ0v) is 18.6. The molecule has 2 aliphatic heterocycles. The smallest absolute Gasteiger partial charge is 0.408 e. The first-order chi connectivity index (χ1) is 14.6. The van der Waals surface area contributed by atoms with Crippen LogP contribution in [0.4, 0.5) is 4.79 Å². The average molecular weight is 424 g/mol. The molecule has 1 N–H and O–H groups in total. The molecular weight excluding hydrogens is 394 g/mol. The molecule has 4 heterocycles. The Hall–Kier alpha value is -2.79. The topological polar surface area (TPSA) is 110 Å². The molecule has 5 rings (SSSR count). The molecule has 8 heteroatoms. The maximum Gasteiger partial charge on any atom is 0.408 e. The van der Waals surface area contributed by atoms with E-state index in [1.54, 1.807) is 0 Å². The van der Waals surface area contributed by atoms with Crippen molar-refractivity contribution >= 4 is 17.1 Å². The van der Waals surface area contributed by atoms with Crippen LogP contribution < -0.4 is 5.32 Å². The highest BCUT2D eigenvalue weighted by Gasteiger charge is 2.50. The summed E-state index contributed by atoms with van der Waals surface area (Å²) in [5.74, 6) is 0. The summed E-state index contributed by atoms with van der Waals surface area (Å²) in [4.78, 5) is 16.9. The summed E-state index contributed by atoms with van der Waals surface area (Å²) in [6, 6.07) is 5.95. The van der Waals surface area contributed by atoms with Crippen molar-refractivity contribution in [2.24, 2.45) is 0 Å². The highest BCUT2D eigenvalue weighted by molar-refractivity contribution is 5.78. The minimum atomic E-state index is -0.527. The number of ether oxygens (including phenoxy) is 2. The molecule has 1 amide bonds. The summed E-state index contributed by atoms with van der Waals surface area (Å²) in [6.07, 6.45) is 4.45. The number of hydrogen-bond acceptors (Lipinski definition) is 7. The van der Waals surface area contributed by atoms with E-state index in [2.05, 4.69) is 26.6 Å². The van der Waals surface area contributed by atoms with Gasteiger partial charge < -0.3 is 14.8 Å². The number of nitrogens with zero attached hydrogens (tertiary/aromatic N) is 4. The van der Waals surface area contributed by atoms with Gasteiger partial charge in [0, 0.05) is 11.3 Å². The molecule has 2 bridgehead atoms. The van der Waals surface area contributed by atoms with Gasteiger partial charge in [-0.2, -0.15) is 5.26 Å². The van der Waals surface area contributed by atoms with Gasteiger partial charge in [-0.15, -0.1) is 10.2 Å². The van der Waals surface area contributed by atoms with Crippen molar-refractivity contribution < 1.29 is 14.3 Å². The van der Waals surface area contributed by atoms with Crippen molar-refractivity contribution in [2.75, 3.05) is 6.61 Å². The standard InChI is InChI=1S/C23H29N5O3/c1-15-5-6-17-19(25-15)16(18(13-24)28-27-17)7-8-23-11-9-22(10-12-23,14-30-23)26-20(29)31-21(2,3)4/h5-6H,7-12,14H2,1-4H3,(H,26,29).